The van der Waals surface area contributed by atoms with Crippen LogP contribution < -0.4 is 4.74 Å². The summed E-state index contributed by atoms with van der Waals surface area (Å²) in [6.07, 6.45) is 0.150. The van der Waals surface area contributed by atoms with Gasteiger partial charge < -0.3 is 9.47 Å². The van der Waals surface area contributed by atoms with Crippen molar-refractivity contribution in [3.05, 3.63) is 29.8 Å². The van der Waals surface area contributed by atoms with Crippen LogP contribution in [0.2, 0.25) is 0 Å². The highest BCUT2D eigenvalue weighted by molar-refractivity contribution is 5.97. The summed E-state index contributed by atoms with van der Waals surface area (Å²) in [4.78, 5) is 14.5. The van der Waals surface area contributed by atoms with E-state index in [-0.39, 0.29) is 17.5 Å². The number of carbonyl (C=O) groups excluding carboxylic acids is 1. The second kappa shape index (κ2) is 5.94. The Morgan fingerprint density at radius 3 is 2.90 bits per heavy atom. The maximum Gasteiger partial charge on any atom is 0.176 e. The number of hydrogen-bond donors (Lipinski definition) is 0. The molecule has 1 fully saturated rings. The molecule has 4 nitrogen and oxygen atoms in total. The van der Waals surface area contributed by atoms with Crippen LogP contribution in [-0.4, -0.2) is 49.1 Å². The molecule has 0 aliphatic carbocycles. The van der Waals surface area contributed by atoms with E-state index in [2.05, 4.69) is 18.7 Å². The van der Waals surface area contributed by atoms with Crippen molar-refractivity contribution in [3.63, 3.8) is 0 Å². The minimum Gasteiger partial charge on any atom is -0.497 e. The summed E-state index contributed by atoms with van der Waals surface area (Å²) in [6.45, 7) is 8.15. The normalized spacial score (nSPS) is 22.5. The van der Waals surface area contributed by atoms with Crippen molar-refractivity contribution >= 4 is 5.78 Å². The predicted molar refractivity (Wildman–Crippen MR) is 78.4 cm³/mol. The number of carbonyl (C=O) groups is 1. The summed E-state index contributed by atoms with van der Waals surface area (Å²) in [5.41, 5.74) is 0.494. The summed E-state index contributed by atoms with van der Waals surface area (Å²) >= 11 is 0. The van der Waals surface area contributed by atoms with Gasteiger partial charge in [0.05, 0.1) is 25.4 Å². The molecule has 1 aliphatic rings. The van der Waals surface area contributed by atoms with E-state index < -0.39 is 0 Å². The Morgan fingerprint density at radius 2 is 2.25 bits per heavy atom. The van der Waals surface area contributed by atoms with Crippen molar-refractivity contribution in [1.82, 2.24) is 4.90 Å². The molecule has 2 rings (SSSR count). The van der Waals surface area contributed by atoms with Crippen molar-refractivity contribution in [1.29, 1.82) is 0 Å². The highest BCUT2D eigenvalue weighted by Crippen LogP contribution is 2.21. The molecule has 110 valence electrons. The zero-order valence-corrected chi connectivity index (χ0v) is 12.7. The van der Waals surface area contributed by atoms with Crippen molar-refractivity contribution in [2.24, 2.45) is 0 Å². The molecule has 1 aliphatic heterocycles. The fraction of sp³-hybridized carbons (Fsp3) is 0.562. The first-order valence-corrected chi connectivity index (χ1v) is 6.97. The third kappa shape index (κ3) is 3.81. The molecule has 1 aromatic rings. The van der Waals surface area contributed by atoms with E-state index in [1.165, 1.54) is 0 Å². The average Bonchev–Trinajstić information content (AvgIpc) is 2.36. The Balaban J connectivity index is 2.03. The second-order valence-electron chi connectivity index (χ2n) is 6.01. The topological polar surface area (TPSA) is 38.8 Å². The van der Waals surface area contributed by atoms with Gasteiger partial charge in [-0.25, -0.2) is 0 Å². The van der Waals surface area contributed by atoms with E-state index in [9.17, 15) is 4.79 Å². The van der Waals surface area contributed by atoms with Gasteiger partial charge in [0.2, 0.25) is 0 Å². The van der Waals surface area contributed by atoms with Crippen molar-refractivity contribution < 1.29 is 14.3 Å². The lowest BCUT2D eigenvalue weighted by atomic mass is 10.0. The number of hydrogen-bond acceptors (Lipinski definition) is 4. The van der Waals surface area contributed by atoms with E-state index in [0.717, 1.165) is 13.1 Å². The zero-order valence-electron chi connectivity index (χ0n) is 12.7. The molecule has 0 bridgehead atoms. The molecule has 4 heteroatoms. The largest absolute Gasteiger partial charge is 0.497 e. The Kier molecular flexibility index (Phi) is 4.45. The van der Waals surface area contributed by atoms with Gasteiger partial charge in [-0.3, -0.25) is 9.69 Å². The van der Waals surface area contributed by atoms with Gasteiger partial charge in [-0.1, -0.05) is 12.1 Å². The molecule has 1 saturated heterocycles. The maximum atomic E-state index is 12.4. The summed E-state index contributed by atoms with van der Waals surface area (Å²) in [5, 5.41) is 0. The van der Waals surface area contributed by atoms with Crippen LogP contribution in [0.3, 0.4) is 0 Å². The number of morpholine rings is 1. The first-order valence-electron chi connectivity index (χ1n) is 6.97. The number of ketones is 1. The Bertz CT molecular complexity index is 484. The van der Waals surface area contributed by atoms with Gasteiger partial charge in [-0.2, -0.15) is 0 Å². The lowest BCUT2D eigenvalue weighted by Crippen LogP contribution is -2.53. The van der Waals surface area contributed by atoms with E-state index in [1.807, 2.05) is 25.1 Å². The number of ether oxygens (including phenoxy) is 2. The predicted octanol–water partition coefficient (Wildman–Crippen LogP) is 2.38. The standard InChI is InChI=1S/C16H23NO3/c1-12-9-17(11-16(2,3)20-12)10-15(18)13-6-5-7-14(8-13)19-4/h5-8,12H,9-11H2,1-4H3. The van der Waals surface area contributed by atoms with Gasteiger partial charge in [0.15, 0.2) is 5.78 Å². The van der Waals surface area contributed by atoms with Gasteiger partial charge in [0, 0.05) is 18.7 Å². The van der Waals surface area contributed by atoms with Crippen LogP contribution >= 0.6 is 0 Å². The lowest BCUT2D eigenvalue weighted by molar-refractivity contribution is -0.126. The molecule has 0 aromatic heterocycles. The highest BCUT2D eigenvalue weighted by Gasteiger charge is 2.32. The monoisotopic (exact) mass is 277 g/mol. The molecule has 0 radical (unpaired) electrons. The van der Waals surface area contributed by atoms with Crippen LogP contribution in [0.5, 0.6) is 5.75 Å². The summed E-state index contributed by atoms with van der Waals surface area (Å²) in [7, 11) is 1.61. The van der Waals surface area contributed by atoms with Crippen LogP contribution in [0.4, 0.5) is 0 Å². The van der Waals surface area contributed by atoms with Gasteiger partial charge in [0.1, 0.15) is 5.75 Å². The van der Waals surface area contributed by atoms with Crippen LogP contribution in [-0.2, 0) is 4.74 Å². The molecular weight excluding hydrogens is 254 g/mol. The number of Topliss-reactive ketones (excluding diaryl/α,β-unsaturated/α-hetero) is 1. The third-order valence-electron chi connectivity index (χ3n) is 3.40. The summed E-state index contributed by atoms with van der Waals surface area (Å²) in [5.74, 6) is 0.834. The van der Waals surface area contributed by atoms with Crippen molar-refractivity contribution in [3.8, 4) is 5.75 Å². The van der Waals surface area contributed by atoms with Crippen LogP contribution in [0.15, 0.2) is 24.3 Å². The van der Waals surface area contributed by atoms with E-state index in [0.29, 0.717) is 17.9 Å². The minimum absolute atomic E-state index is 0.119. The number of nitrogens with zero attached hydrogens (tertiary/aromatic N) is 1. The molecule has 20 heavy (non-hydrogen) atoms. The minimum atomic E-state index is -0.202. The molecule has 1 unspecified atom stereocenters. The molecule has 0 amide bonds. The molecule has 0 N–H and O–H groups in total. The number of rotatable bonds is 4. The van der Waals surface area contributed by atoms with Crippen LogP contribution in [0, 0.1) is 0 Å². The van der Waals surface area contributed by atoms with E-state index in [1.54, 1.807) is 13.2 Å². The zero-order chi connectivity index (χ0) is 14.8. The molecule has 0 saturated carbocycles. The smallest absolute Gasteiger partial charge is 0.176 e. The Hall–Kier alpha value is -1.39. The molecular formula is C16H23NO3. The van der Waals surface area contributed by atoms with Crippen LogP contribution in [0.1, 0.15) is 31.1 Å². The SMILES string of the molecule is COc1cccc(C(=O)CN2CC(C)OC(C)(C)C2)c1. The Morgan fingerprint density at radius 1 is 1.50 bits per heavy atom. The Labute approximate surface area is 120 Å². The molecule has 1 aromatic carbocycles. The van der Waals surface area contributed by atoms with Gasteiger partial charge in [-0.05, 0) is 32.9 Å². The first kappa shape index (κ1) is 15.0. The number of methoxy groups -OCH3 is 1. The van der Waals surface area contributed by atoms with Gasteiger partial charge in [-0.15, -0.1) is 0 Å². The van der Waals surface area contributed by atoms with Crippen LogP contribution in [0.25, 0.3) is 0 Å². The molecule has 1 heterocycles. The quantitative estimate of drug-likeness (QED) is 0.792. The molecule has 0 spiro atoms. The maximum absolute atomic E-state index is 12.4. The summed E-state index contributed by atoms with van der Waals surface area (Å²) in [6, 6.07) is 7.31. The second-order valence-corrected chi connectivity index (χ2v) is 6.01. The van der Waals surface area contributed by atoms with Crippen molar-refractivity contribution in [2.75, 3.05) is 26.7 Å². The van der Waals surface area contributed by atoms with Gasteiger partial charge >= 0.3 is 0 Å². The third-order valence-corrected chi connectivity index (χ3v) is 3.40. The van der Waals surface area contributed by atoms with Crippen molar-refractivity contribution in [2.45, 2.75) is 32.5 Å². The fourth-order valence-corrected chi connectivity index (χ4v) is 2.80. The first-order chi connectivity index (χ1) is 9.39. The van der Waals surface area contributed by atoms with E-state index in [4.69, 9.17) is 9.47 Å². The molecule has 1 atom stereocenters. The fourth-order valence-electron chi connectivity index (χ4n) is 2.80. The highest BCUT2D eigenvalue weighted by atomic mass is 16.5. The summed E-state index contributed by atoms with van der Waals surface area (Å²) < 4.78 is 11.0. The number of benzene rings is 1. The lowest BCUT2D eigenvalue weighted by Gasteiger charge is -2.41. The van der Waals surface area contributed by atoms with E-state index >= 15 is 0 Å². The van der Waals surface area contributed by atoms with Gasteiger partial charge in [0.25, 0.3) is 0 Å². The average molecular weight is 277 g/mol.